The molecule has 1 aliphatic carbocycles. The molecule has 0 amide bonds. The lowest BCUT2D eigenvalue weighted by atomic mass is 10.0. The molecule has 0 saturated heterocycles. The van der Waals surface area contributed by atoms with Gasteiger partial charge in [0.05, 0.1) is 12.5 Å². The van der Waals surface area contributed by atoms with Crippen molar-refractivity contribution in [2.45, 2.75) is 73.1 Å². The summed E-state index contributed by atoms with van der Waals surface area (Å²) in [4.78, 5) is 11.9. The summed E-state index contributed by atoms with van der Waals surface area (Å²) in [5.41, 5.74) is 0.205. The zero-order valence-corrected chi connectivity index (χ0v) is 12.8. The fourth-order valence-corrected chi connectivity index (χ4v) is 2.92. The van der Waals surface area contributed by atoms with Gasteiger partial charge in [0, 0.05) is 0 Å². The van der Waals surface area contributed by atoms with Gasteiger partial charge in [-0.25, -0.2) is 0 Å². The van der Waals surface area contributed by atoms with Crippen LogP contribution in [0.25, 0.3) is 0 Å². The summed E-state index contributed by atoms with van der Waals surface area (Å²) in [5, 5.41) is 0. The third-order valence-corrected chi connectivity index (χ3v) is 5.00. The van der Waals surface area contributed by atoms with E-state index < -0.39 is 0 Å². The Morgan fingerprint density at radius 1 is 0.944 bits per heavy atom. The maximum absolute atomic E-state index is 11.9. The second-order valence-electron chi connectivity index (χ2n) is 6.81. The molecule has 0 spiro atoms. The minimum absolute atomic E-state index is 0.0126. The highest BCUT2D eigenvalue weighted by Gasteiger charge is 2.69. The smallest absolute Gasteiger partial charge is 0.310 e. The van der Waals surface area contributed by atoms with Gasteiger partial charge in [-0.2, -0.15) is 0 Å². The van der Waals surface area contributed by atoms with Crippen molar-refractivity contribution >= 4 is 5.97 Å². The van der Waals surface area contributed by atoms with Crippen LogP contribution in [-0.4, -0.2) is 12.6 Å². The lowest BCUT2D eigenvalue weighted by molar-refractivity contribution is -0.146. The number of unbranched alkanes of at least 4 members (excludes halogenated alkanes) is 5. The zero-order chi connectivity index (χ0) is 13.8. The van der Waals surface area contributed by atoms with Gasteiger partial charge in [0.1, 0.15) is 0 Å². The number of carbonyl (C=O) groups is 1. The van der Waals surface area contributed by atoms with Crippen LogP contribution in [0.4, 0.5) is 0 Å². The molecular formula is C16H30O2. The fourth-order valence-electron chi connectivity index (χ4n) is 2.92. The molecule has 0 unspecified atom stereocenters. The predicted octanol–water partition coefficient (Wildman–Crippen LogP) is 4.57. The highest BCUT2D eigenvalue weighted by atomic mass is 16.5. The molecule has 0 heterocycles. The van der Waals surface area contributed by atoms with Crippen LogP contribution in [-0.2, 0) is 9.53 Å². The largest absolute Gasteiger partial charge is 0.465 e. The van der Waals surface area contributed by atoms with E-state index in [0.29, 0.717) is 6.61 Å². The van der Waals surface area contributed by atoms with E-state index in [1.54, 1.807) is 0 Å². The highest BCUT2D eigenvalue weighted by Crippen LogP contribution is 2.68. The van der Waals surface area contributed by atoms with Crippen LogP contribution >= 0.6 is 0 Å². The summed E-state index contributed by atoms with van der Waals surface area (Å²) in [6, 6.07) is 0. The van der Waals surface area contributed by atoms with Crippen molar-refractivity contribution < 1.29 is 9.53 Å². The summed E-state index contributed by atoms with van der Waals surface area (Å²) >= 11 is 0. The third kappa shape index (κ3) is 3.27. The average Bonchev–Trinajstić information content (AvgIpc) is 2.68. The van der Waals surface area contributed by atoms with Crippen molar-refractivity contribution in [3.8, 4) is 0 Å². The minimum atomic E-state index is 0.0126. The summed E-state index contributed by atoms with van der Waals surface area (Å²) in [6.07, 6.45) is 7.39. The Morgan fingerprint density at radius 2 is 1.44 bits per heavy atom. The number of rotatable bonds is 8. The topological polar surface area (TPSA) is 26.3 Å². The molecule has 0 atom stereocenters. The van der Waals surface area contributed by atoms with Crippen molar-refractivity contribution in [2.24, 2.45) is 16.7 Å². The molecule has 1 rings (SSSR count). The van der Waals surface area contributed by atoms with E-state index in [1.165, 1.54) is 32.1 Å². The van der Waals surface area contributed by atoms with E-state index in [-0.39, 0.29) is 22.7 Å². The molecule has 1 aliphatic rings. The monoisotopic (exact) mass is 254 g/mol. The molecule has 0 aromatic heterocycles. The first-order chi connectivity index (χ1) is 8.35. The van der Waals surface area contributed by atoms with E-state index in [0.717, 1.165) is 6.42 Å². The van der Waals surface area contributed by atoms with Crippen LogP contribution in [0, 0.1) is 16.7 Å². The minimum Gasteiger partial charge on any atom is -0.465 e. The first-order valence-corrected chi connectivity index (χ1v) is 7.52. The van der Waals surface area contributed by atoms with E-state index in [4.69, 9.17) is 4.74 Å². The Bertz CT molecular complexity index is 265. The zero-order valence-electron chi connectivity index (χ0n) is 12.8. The quantitative estimate of drug-likeness (QED) is 0.468. The first kappa shape index (κ1) is 15.5. The second kappa shape index (κ2) is 6.08. The molecule has 0 N–H and O–H groups in total. The van der Waals surface area contributed by atoms with Gasteiger partial charge >= 0.3 is 5.97 Å². The van der Waals surface area contributed by atoms with Crippen LogP contribution in [0.3, 0.4) is 0 Å². The molecule has 0 radical (unpaired) electrons. The summed E-state index contributed by atoms with van der Waals surface area (Å²) in [7, 11) is 0. The molecule has 2 nitrogen and oxygen atoms in total. The predicted molar refractivity (Wildman–Crippen MR) is 75.4 cm³/mol. The second-order valence-corrected chi connectivity index (χ2v) is 6.81. The fraction of sp³-hybridized carbons (Fsp3) is 0.938. The molecule has 0 aliphatic heterocycles. The Labute approximate surface area is 112 Å². The molecule has 1 fully saturated rings. The van der Waals surface area contributed by atoms with Crippen LogP contribution in [0.5, 0.6) is 0 Å². The van der Waals surface area contributed by atoms with Gasteiger partial charge in [-0.1, -0.05) is 66.7 Å². The first-order valence-electron chi connectivity index (χ1n) is 7.52. The van der Waals surface area contributed by atoms with Crippen LogP contribution in [0.15, 0.2) is 0 Å². The van der Waals surface area contributed by atoms with Crippen molar-refractivity contribution in [3.05, 3.63) is 0 Å². The van der Waals surface area contributed by atoms with Gasteiger partial charge in [0.2, 0.25) is 0 Å². The Kier molecular flexibility index (Phi) is 5.24. The summed E-state index contributed by atoms with van der Waals surface area (Å²) in [6.45, 7) is 11.5. The SMILES string of the molecule is CCCCCCCCOC(=O)C1C(C)(C)C1(C)C. The van der Waals surface area contributed by atoms with Crippen LogP contribution < -0.4 is 0 Å². The Balaban J connectivity index is 2.09. The van der Waals surface area contributed by atoms with E-state index >= 15 is 0 Å². The standard InChI is InChI=1S/C16H30O2/c1-6-7-8-9-10-11-12-18-14(17)13-15(2,3)16(13,4)5/h13H,6-12H2,1-5H3. The Morgan fingerprint density at radius 3 is 1.94 bits per heavy atom. The molecule has 0 aromatic carbocycles. The maximum Gasteiger partial charge on any atom is 0.310 e. The number of ether oxygens (including phenoxy) is 1. The van der Waals surface area contributed by atoms with E-state index in [1.807, 2.05) is 0 Å². The molecule has 18 heavy (non-hydrogen) atoms. The van der Waals surface area contributed by atoms with E-state index in [2.05, 4.69) is 34.6 Å². The van der Waals surface area contributed by atoms with Crippen molar-refractivity contribution in [1.29, 1.82) is 0 Å². The lowest BCUT2D eigenvalue weighted by Gasteiger charge is -2.05. The molecule has 2 heteroatoms. The molecule has 1 saturated carbocycles. The molecule has 0 bridgehead atoms. The van der Waals surface area contributed by atoms with Gasteiger partial charge in [-0.3, -0.25) is 4.79 Å². The van der Waals surface area contributed by atoms with Gasteiger partial charge in [-0.05, 0) is 17.3 Å². The van der Waals surface area contributed by atoms with Crippen molar-refractivity contribution in [1.82, 2.24) is 0 Å². The number of hydrogen-bond donors (Lipinski definition) is 0. The molecular weight excluding hydrogens is 224 g/mol. The summed E-state index contributed by atoms with van der Waals surface area (Å²) < 4.78 is 5.40. The van der Waals surface area contributed by atoms with Gasteiger partial charge in [-0.15, -0.1) is 0 Å². The lowest BCUT2D eigenvalue weighted by Crippen LogP contribution is -2.12. The van der Waals surface area contributed by atoms with Gasteiger partial charge in [0.25, 0.3) is 0 Å². The average molecular weight is 254 g/mol. The maximum atomic E-state index is 11.9. The number of carbonyl (C=O) groups excluding carboxylic acids is 1. The number of hydrogen-bond acceptors (Lipinski definition) is 2. The highest BCUT2D eigenvalue weighted by molar-refractivity contribution is 5.78. The summed E-state index contributed by atoms with van der Waals surface area (Å²) in [5.74, 6) is 0.101. The molecule has 0 aromatic rings. The van der Waals surface area contributed by atoms with Gasteiger partial charge < -0.3 is 4.74 Å². The van der Waals surface area contributed by atoms with Gasteiger partial charge in [0.15, 0.2) is 0 Å². The third-order valence-electron chi connectivity index (χ3n) is 5.00. The van der Waals surface area contributed by atoms with Crippen LogP contribution in [0.1, 0.15) is 73.1 Å². The Hall–Kier alpha value is -0.530. The van der Waals surface area contributed by atoms with Crippen molar-refractivity contribution in [3.63, 3.8) is 0 Å². The van der Waals surface area contributed by atoms with E-state index in [9.17, 15) is 4.79 Å². The van der Waals surface area contributed by atoms with Crippen LogP contribution in [0.2, 0.25) is 0 Å². The van der Waals surface area contributed by atoms with Crippen molar-refractivity contribution in [2.75, 3.05) is 6.61 Å². The molecule has 106 valence electrons. The normalized spacial score (nSPS) is 20.7. The number of esters is 1.